The number of hydrogen-bond donors (Lipinski definition) is 1. The average molecular weight is 307 g/mol. The van der Waals surface area contributed by atoms with Crippen LogP contribution in [0.4, 0.5) is 14.5 Å². The lowest BCUT2D eigenvalue weighted by atomic mass is 10.3. The maximum absolute atomic E-state index is 13.3. The minimum atomic E-state index is -0.879. The van der Waals surface area contributed by atoms with Crippen molar-refractivity contribution < 1.29 is 13.6 Å². The summed E-state index contributed by atoms with van der Waals surface area (Å²) in [4.78, 5) is 15.2. The van der Waals surface area contributed by atoms with Crippen molar-refractivity contribution in [2.75, 3.05) is 5.32 Å². The Morgan fingerprint density at radius 3 is 2.68 bits per heavy atom. The summed E-state index contributed by atoms with van der Waals surface area (Å²) < 4.78 is 27.0. The lowest BCUT2D eigenvalue weighted by molar-refractivity contribution is -0.116. The van der Waals surface area contributed by atoms with Gasteiger partial charge in [0.1, 0.15) is 18.2 Å². The van der Waals surface area contributed by atoms with E-state index >= 15 is 0 Å². The van der Waals surface area contributed by atoms with Gasteiger partial charge in [-0.25, -0.2) is 13.5 Å². The first-order valence-corrected chi connectivity index (χ1v) is 5.72. The lowest BCUT2D eigenvalue weighted by Gasteiger charge is -2.06. The van der Waals surface area contributed by atoms with Gasteiger partial charge >= 0.3 is 0 Å². The zero-order valence-electron chi connectivity index (χ0n) is 9.20. The third-order valence-corrected chi connectivity index (χ3v) is 2.54. The van der Waals surface area contributed by atoms with Gasteiger partial charge < -0.3 is 5.32 Å². The quantitative estimate of drug-likeness (QED) is 0.948. The predicted octanol–water partition coefficient (Wildman–Crippen LogP) is 2.50. The summed E-state index contributed by atoms with van der Waals surface area (Å²) in [6.45, 7) is -0.296. The van der Waals surface area contributed by atoms with Crippen LogP contribution in [0.2, 0.25) is 10.6 Å². The van der Waals surface area contributed by atoms with E-state index in [4.69, 9.17) is 23.2 Å². The van der Waals surface area contributed by atoms with Gasteiger partial charge in [-0.3, -0.25) is 4.79 Å². The molecule has 2 aromatic rings. The maximum atomic E-state index is 13.3. The van der Waals surface area contributed by atoms with Gasteiger partial charge in [0.15, 0.2) is 0 Å². The van der Waals surface area contributed by atoms with Crippen LogP contribution in [-0.2, 0) is 11.3 Å². The molecule has 1 N–H and O–H groups in total. The van der Waals surface area contributed by atoms with Crippen LogP contribution in [0, 0.1) is 11.6 Å². The first-order chi connectivity index (χ1) is 8.95. The van der Waals surface area contributed by atoms with Crippen molar-refractivity contribution in [1.82, 2.24) is 14.8 Å². The minimum absolute atomic E-state index is 0.0697. The third kappa shape index (κ3) is 3.39. The summed E-state index contributed by atoms with van der Waals surface area (Å²) in [5.74, 6) is -2.22. The fraction of sp³-hybridized carbons (Fsp3) is 0.100. The molecule has 0 spiro atoms. The van der Waals surface area contributed by atoms with Crippen molar-refractivity contribution in [3.8, 4) is 0 Å². The lowest BCUT2D eigenvalue weighted by Crippen LogP contribution is -2.20. The van der Waals surface area contributed by atoms with Crippen LogP contribution in [0.15, 0.2) is 18.2 Å². The van der Waals surface area contributed by atoms with Gasteiger partial charge in [-0.2, -0.15) is 4.98 Å². The molecule has 0 aliphatic rings. The number of aromatic nitrogens is 3. The zero-order chi connectivity index (χ0) is 14.0. The molecule has 19 heavy (non-hydrogen) atoms. The predicted molar refractivity (Wildman–Crippen MR) is 65.0 cm³/mol. The Balaban J connectivity index is 2.07. The fourth-order valence-electron chi connectivity index (χ4n) is 1.31. The summed E-state index contributed by atoms with van der Waals surface area (Å²) in [5, 5.41) is 5.73. The van der Waals surface area contributed by atoms with E-state index < -0.39 is 17.5 Å². The maximum Gasteiger partial charge on any atom is 0.246 e. The molecule has 0 radical (unpaired) electrons. The molecule has 9 heteroatoms. The number of amides is 1. The van der Waals surface area contributed by atoms with Gasteiger partial charge in [-0.15, -0.1) is 5.10 Å². The Morgan fingerprint density at radius 2 is 2.11 bits per heavy atom. The second-order valence-corrected chi connectivity index (χ2v) is 4.16. The normalized spacial score (nSPS) is 10.5. The van der Waals surface area contributed by atoms with E-state index in [1.807, 2.05) is 0 Å². The monoisotopic (exact) mass is 306 g/mol. The van der Waals surface area contributed by atoms with Crippen LogP contribution in [0.3, 0.4) is 0 Å². The van der Waals surface area contributed by atoms with Crippen molar-refractivity contribution in [2.24, 2.45) is 0 Å². The molecule has 0 fully saturated rings. The largest absolute Gasteiger partial charge is 0.322 e. The number of rotatable bonds is 3. The van der Waals surface area contributed by atoms with E-state index in [1.165, 1.54) is 0 Å². The molecule has 0 aliphatic carbocycles. The summed E-state index contributed by atoms with van der Waals surface area (Å²) >= 11 is 11.1. The van der Waals surface area contributed by atoms with E-state index in [0.717, 1.165) is 16.8 Å². The third-order valence-electron chi connectivity index (χ3n) is 2.10. The van der Waals surface area contributed by atoms with E-state index in [1.54, 1.807) is 0 Å². The number of halogens is 4. The molecule has 1 heterocycles. The highest BCUT2D eigenvalue weighted by Crippen LogP contribution is 2.15. The first-order valence-electron chi connectivity index (χ1n) is 4.96. The molecular formula is C10H6Cl2F2N4O. The van der Waals surface area contributed by atoms with Crippen LogP contribution >= 0.6 is 23.2 Å². The molecule has 0 saturated carbocycles. The summed E-state index contributed by atoms with van der Waals surface area (Å²) in [6, 6.07) is 2.80. The Bertz CT molecular complexity index is 632. The van der Waals surface area contributed by atoms with Crippen LogP contribution in [0.5, 0.6) is 0 Å². The van der Waals surface area contributed by atoms with Crippen LogP contribution in [0.25, 0.3) is 0 Å². The first kappa shape index (κ1) is 13.7. The van der Waals surface area contributed by atoms with Gasteiger partial charge in [0, 0.05) is 6.07 Å². The molecule has 5 nitrogen and oxygen atoms in total. The Hall–Kier alpha value is -1.73. The van der Waals surface area contributed by atoms with Gasteiger partial charge in [0.05, 0.1) is 5.69 Å². The number of nitrogens with one attached hydrogen (secondary N) is 1. The second kappa shape index (κ2) is 5.50. The number of benzene rings is 1. The van der Waals surface area contributed by atoms with Gasteiger partial charge in [-0.05, 0) is 35.3 Å². The molecule has 0 bridgehead atoms. The number of hydrogen-bond acceptors (Lipinski definition) is 3. The van der Waals surface area contributed by atoms with E-state index in [0.29, 0.717) is 6.07 Å². The number of nitrogens with zero attached hydrogens (tertiary/aromatic N) is 3. The standard InChI is InChI=1S/C10H6Cl2F2N4O/c11-9-16-10(12)18(17-9)4-8(19)15-7-2-1-5(13)3-6(7)14/h1-3H,4H2,(H,15,19). The SMILES string of the molecule is O=C(Cn1nc(Cl)nc1Cl)Nc1ccc(F)cc1F. The van der Waals surface area contributed by atoms with Crippen molar-refractivity contribution in [3.05, 3.63) is 40.4 Å². The Kier molecular flexibility index (Phi) is 3.96. The van der Waals surface area contributed by atoms with Crippen molar-refractivity contribution in [1.29, 1.82) is 0 Å². The zero-order valence-corrected chi connectivity index (χ0v) is 10.7. The van der Waals surface area contributed by atoms with Crippen LogP contribution in [-0.4, -0.2) is 20.7 Å². The summed E-state index contributed by atoms with van der Waals surface area (Å²) in [6.07, 6.45) is 0. The van der Waals surface area contributed by atoms with Crippen LogP contribution < -0.4 is 5.32 Å². The molecule has 1 aromatic carbocycles. The molecule has 1 amide bonds. The molecular weight excluding hydrogens is 301 g/mol. The number of anilines is 1. The van der Waals surface area contributed by atoms with E-state index in [-0.39, 0.29) is 22.8 Å². The molecule has 0 saturated heterocycles. The van der Waals surface area contributed by atoms with Crippen LogP contribution in [0.1, 0.15) is 0 Å². The summed E-state index contributed by atoms with van der Waals surface area (Å²) in [5.41, 5.74) is -0.145. The van der Waals surface area contributed by atoms with Gasteiger partial charge in [0.25, 0.3) is 0 Å². The van der Waals surface area contributed by atoms with Crippen molar-refractivity contribution in [2.45, 2.75) is 6.54 Å². The van der Waals surface area contributed by atoms with Gasteiger partial charge in [-0.1, -0.05) is 0 Å². The molecule has 1 aromatic heterocycles. The highest BCUT2D eigenvalue weighted by molar-refractivity contribution is 6.31. The second-order valence-electron chi connectivity index (χ2n) is 3.48. The highest BCUT2D eigenvalue weighted by atomic mass is 35.5. The molecule has 0 atom stereocenters. The minimum Gasteiger partial charge on any atom is -0.322 e. The van der Waals surface area contributed by atoms with Gasteiger partial charge in [0.2, 0.25) is 16.5 Å². The topological polar surface area (TPSA) is 59.8 Å². The smallest absolute Gasteiger partial charge is 0.246 e. The average Bonchev–Trinajstić information content (AvgIpc) is 2.61. The number of carbonyl (C=O) groups is 1. The highest BCUT2D eigenvalue weighted by Gasteiger charge is 2.12. The Morgan fingerprint density at radius 1 is 1.37 bits per heavy atom. The molecule has 0 aliphatic heterocycles. The summed E-state index contributed by atoms with van der Waals surface area (Å²) in [7, 11) is 0. The fourth-order valence-corrected chi connectivity index (χ4v) is 1.71. The molecule has 0 unspecified atom stereocenters. The number of carbonyl (C=O) groups excluding carboxylic acids is 1. The van der Waals surface area contributed by atoms with E-state index in [9.17, 15) is 13.6 Å². The Labute approximate surface area is 116 Å². The molecule has 2 rings (SSSR count). The van der Waals surface area contributed by atoms with Crippen molar-refractivity contribution in [3.63, 3.8) is 0 Å². The molecule has 100 valence electrons. The van der Waals surface area contributed by atoms with E-state index in [2.05, 4.69) is 15.4 Å². The van der Waals surface area contributed by atoms with Crippen molar-refractivity contribution >= 4 is 34.8 Å².